The van der Waals surface area contributed by atoms with E-state index >= 15 is 0 Å². The van der Waals surface area contributed by atoms with Crippen LogP contribution in [0, 0.1) is 10.1 Å². The van der Waals surface area contributed by atoms with Crippen molar-refractivity contribution in [2.24, 2.45) is 0 Å². The molecule has 0 unspecified atom stereocenters. The number of methoxy groups -OCH3 is 1. The van der Waals surface area contributed by atoms with Crippen molar-refractivity contribution in [2.45, 2.75) is 19.6 Å². The van der Waals surface area contributed by atoms with E-state index in [0.29, 0.717) is 11.3 Å². The molecular formula is C18H21Cl2N2O6P. The third kappa shape index (κ3) is 5.62. The first-order valence-corrected chi connectivity index (χ1v) is 11.0. The fourth-order valence-electron chi connectivity index (χ4n) is 2.74. The van der Waals surface area contributed by atoms with Crippen LogP contribution in [0.15, 0.2) is 36.4 Å². The molecule has 2 aromatic carbocycles. The zero-order valence-corrected chi connectivity index (χ0v) is 18.5. The summed E-state index contributed by atoms with van der Waals surface area (Å²) in [6.07, 6.45) is 0. The number of nitrogens with one attached hydrogen (secondary N) is 1. The van der Waals surface area contributed by atoms with Crippen LogP contribution in [0.25, 0.3) is 0 Å². The van der Waals surface area contributed by atoms with Gasteiger partial charge in [-0.3, -0.25) is 14.7 Å². The zero-order chi connectivity index (χ0) is 21.6. The number of anilines is 1. The van der Waals surface area contributed by atoms with Crippen LogP contribution in [0.5, 0.6) is 5.75 Å². The maximum Gasteiger partial charge on any atom is 0.357 e. The summed E-state index contributed by atoms with van der Waals surface area (Å²) in [5.74, 6) is -0.853. The number of halogens is 2. The van der Waals surface area contributed by atoms with Crippen molar-refractivity contribution in [3.63, 3.8) is 0 Å². The molecule has 0 bridgehead atoms. The maximum absolute atomic E-state index is 13.6. The van der Waals surface area contributed by atoms with Crippen LogP contribution in [0.4, 0.5) is 11.4 Å². The van der Waals surface area contributed by atoms with Gasteiger partial charge in [0.25, 0.3) is 5.69 Å². The zero-order valence-electron chi connectivity index (χ0n) is 16.1. The van der Waals surface area contributed by atoms with Gasteiger partial charge >= 0.3 is 7.60 Å². The molecule has 0 saturated heterocycles. The molecule has 0 aliphatic rings. The van der Waals surface area contributed by atoms with Crippen molar-refractivity contribution in [1.29, 1.82) is 0 Å². The fraction of sp³-hybridized carbons (Fsp3) is 0.333. The summed E-state index contributed by atoms with van der Waals surface area (Å²) in [7, 11) is -2.40. The molecule has 0 amide bonds. The van der Waals surface area contributed by atoms with E-state index in [1.165, 1.54) is 37.4 Å². The van der Waals surface area contributed by atoms with Gasteiger partial charge in [-0.25, -0.2) is 0 Å². The highest BCUT2D eigenvalue weighted by Crippen LogP contribution is 2.62. The Labute approximate surface area is 178 Å². The summed E-state index contributed by atoms with van der Waals surface area (Å²) < 4.78 is 30.1. The highest BCUT2D eigenvalue weighted by Gasteiger charge is 2.39. The van der Waals surface area contributed by atoms with Gasteiger partial charge in [0.15, 0.2) is 5.78 Å². The Morgan fingerprint density at radius 3 is 2.38 bits per heavy atom. The average molecular weight is 463 g/mol. The Bertz CT molecular complexity index is 917. The minimum atomic E-state index is -3.81. The molecule has 8 nitrogen and oxygen atoms in total. The lowest BCUT2D eigenvalue weighted by atomic mass is 10.2. The van der Waals surface area contributed by atoms with Gasteiger partial charge in [-0.15, -0.1) is 0 Å². The number of ether oxygens (including phenoxy) is 1. The van der Waals surface area contributed by atoms with Crippen molar-refractivity contribution >= 4 is 42.2 Å². The van der Waals surface area contributed by atoms with Crippen LogP contribution in [0.2, 0.25) is 10.0 Å². The van der Waals surface area contributed by atoms with Crippen LogP contribution in [-0.2, 0) is 13.6 Å². The third-order valence-electron chi connectivity index (χ3n) is 3.83. The van der Waals surface area contributed by atoms with Gasteiger partial charge in [0, 0.05) is 28.4 Å². The Hall–Kier alpha value is -1.83. The maximum atomic E-state index is 13.6. The van der Waals surface area contributed by atoms with Crippen molar-refractivity contribution in [3.8, 4) is 5.75 Å². The van der Waals surface area contributed by atoms with Crippen LogP contribution in [0.1, 0.15) is 25.2 Å². The van der Waals surface area contributed by atoms with E-state index in [2.05, 4.69) is 5.32 Å². The quantitative estimate of drug-likeness (QED) is 0.251. The van der Waals surface area contributed by atoms with Crippen molar-refractivity contribution < 1.29 is 23.3 Å². The molecule has 11 heteroatoms. The molecule has 0 fully saturated rings. The van der Waals surface area contributed by atoms with Crippen LogP contribution < -0.4 is 10.1 Å². The van der Waals surface area contributed by atoms with Crippen molar-refractivity contribution in [3.05, 3.63) is 62.1 Å². The highest BCUT2D eigenvalue weighted by atomic mass is 35.5. The summed E-state index contributed by atoms with van der Waals surface area (Å²) in [5, 5.41) is 14.6. The average Bonchev–Trinajstić information content (AvgIpc) is 2.66. The second-order valence-electron chi connectivity index (χ2n) is 5.74. The lowest BCUT2D eigenvalue weighted by Gasteiger charge is -2.29. The molecule has 2 rings (SSSR count). The summed E-state index contributed by atoms with van der Waals surface area (Å²) in [5.41, 5.74) is 0.538. The molecule has 0 heterocycles. The second kappa shape index (κ2) is 10.3. The van der Waals surface area contributed by atoms with E-state index < -0.39 is 18.3 Å². The molecule has 0 aromatic heterocycles. The minimum Gasteiger partial charge on any atom is -0.495 e. The summed E-state index contributed by atoms with van der Waals surface area (Å²) in [6.45, 7) is 3.58. The SMILES string of the molecule is CCOP(=O)(OCC)[C@H](Nc1cccc([N+](=O)[O-])c1)c1cc(Cl)cc(Cl)c1OC. The molecular weight excluding hydrogens is 442 g/mol. The standard InChI is InChI=1S/C18H21Cl2N2O6P/c1-4-27-29(25,28-5-2)18(15-9-12(19)10-16(20)17(15)26-3)21-13-7-6-8-14(11-13)22(23)24/h6-11,18,21H,4-5H2,1-3H3/t18-/m0/s1. The number of benzene rings is 2. The number of non-ortho nitro benzene ring substituents is 1. The number of hydrogen-bond donors (Lipinski definition) is 1. The van der Waals surface area contributed by atoms with Gasteiger partial charge in [-0.2, -0.15) is 0 Å². The first-order valence-electron chi connectivity index (χ1n) is 8.68. The molecule has 1 N–H and O–H groups in total. The fourth-order valence-corrected chi connectivity index (χ4v) is 5.26. The van der Waals surface area contributed by atoms with Crippen LogP contribution in [0.3, 0.4) is 0 Å². The molecule has 29 heavy (non-hydrogen) atoms. The van der Waals surface area contributed by atoms with Crippen LogP contribution >= 0.6 is 30.8 Å². The van der Waals surface area contributed by atoms with Crippen LogP contribution in [-0.4, -0.2) is 25.2 Å². The van der Waals surface area contributed by atoms with E-state index in [9.17, 15) is 14.7 Å². The van der Waals surface area contributed by atoms with E-state index in [-0.39, 0.29) is 34.7 Å². The molecule has 0 radical (unpaired) electrons. The Morgan fingerprint density at radius 2 is 1.83 bits per heavy atom. The van der Waals surface area contributed by atoms with Gasteiger partial charge in [0.1, 0.15) is 5.75 Å². The normalized spacial score (nSPS) is 12.4. The Morgan fingerprint density at radius 1 is 1.17 bits per heavy atom. The molecule has 0 aliphatic heterocycles. The molecule has 2 aromatic rings. The highest BCUT2D eigenvalue weighted by molar-refractivity contribution is 7.54. The molecule has 0 saturated carbocycles. The Kier molecular flexibility index (Phi) is 8.31. The first-order chi connectivity index (χ1) is 13.8. The van der Waals surface area contributed by atoms with Gasteiger partial charge in [-0.05, 0) is 32.0 Å². The Balaban J connectivity index is 2.66. The van der Waals surface area contributed by atoms with Gasteiger partial charge in [-0.1, -0.05) is 29.3 Å². The minimum absolute atomic E-state index is 0.112. The van der Waals surface area contributed by atoms with E-state index in [4.69, 9.17) is 37.0 Å². The molecule has 0 aliphatic carbocycles. The van der Waals surface area contributed by atoms with Gasteiger partial charge in [0.2, 0.25) is 0 Å². The predicted molar refractivity (Wildman–Crippen MR) is 113 cm³/mol. The van der Waals surface area contributed by atoms with Crippen molar-refractivity contribution in [1.82, 2.24) is 0 Å². The third-order valence-corrected chi connectivity index (χ3v) is 6.61. The predicted octanol–water partition coefficient (Wildman–Crippen LogP) is 6.29. The smallest absolute Gasteiger partial charge is 0.357 e. The number of rotatable bonds is 10. The first kappa shape index (κ1) is 23.4. The summed E-state index contributed by atoms with van der Waals surface area (Å²) >= 11 is 12.4. The molecule has 158 valence electrons. The monoisotopic (exact) mass is 462 g/mol. The van der Waals surface area contributed by atoms with Gasteiger partial charge < -0.3 is 19.1 Å². The van der Waals surface area contributed by atoms with E-state index in [1.54, 1.807) is 19.9 Å². The molecule has 0 spiro atoms. The number of nitrogens with zero attached hydrogens (tertiary/aromatic N) is 1. The number of nitro benzene ring substituents is 1. The lowest BCUT2D eigenvalue weighted by Crippen LogP contribution is -2.16. The summed E-state index contributed by atoms with van der Waals surface area (Å²) in [4.78, 5) is 10.6. The lowest BCUT2D eigenvalue weighted by molar-refractivity contribution is -0.384. The van der Waals surface area contributed by atoms with E-state index in [1.807, 2.05) is 0 Å². The number of hydrogen-bond acceptors (Lipinski definition) is 7. The second-order valence-corrected chi connectivity index (χ2v) is 8.70. The topological polar surface area (TPSA) is 99.9 Å². The van der Waals surface area contributed by atoms with Gasteiger partial charge in [0.05, 0.1) is 30.3 Å². The largest absolute Gasteiger partial charge is 0.495 e. The van der Waals surface area contributed by atoms with Crippen molar-refractivity contribution in [2.75, 3.05) is 25.6 Å². The molecule has 1 atom stereocenters. The van der Waals surface area contributed by atoms with E-state index in [0.717, 1.165) is 0 Å². The summed E-state index contributed by atoms with van der Waals surface area (Å²) in [6, 6.07) is 8.79. The number of nitro groups is 1.